The van der Waals surface area contributed by atoms with E-state index >= 15 is 0 Å². The zero-order valence-corrected chi connectivity index (χ0v) is 16.7. The zero-order chi connectivity index (χ0) is 20.3. The monoisotopic (exact) mass is 382 g/mol. The Morgan fingerprint density at radius 2 is 1.89 bits per heavy atom. The first-order valence-corrected chi connectivity index (χ1v) is 9.32. The molecule has 0 fully saturated rings. The summed E-state index contributed by atoms with van der Waals surface area (Å²) in [6, 6.07) is 13.1. The van der Waals surface area contributed by atoms with Gasteiger partial charge in [-0.25, -0.2) is 0 Å². The Bertz CT molecular complexity index is 869. The van der Waals surface area contributed by atoms with Crippen LogP contribution in [0, 0.1) is 12.3 Å². The molecule has 0 spiro atoms. The quantitative estimate of drug-likeness (QED) is 0.854. The highest BCUT2D eigenvalue weighted by molar-refractivity contribution is 5.99. The minimum Gasteiger partial charge on any atom is -0.492 e. The number of rotatable bonds is 5. The summed E-state index contributed by atoms with van der Waals surface area (Å²) < 4.78 is 11.3. The third kappa shape index (κ3) is 4.63. The Hall–Kier alpha value is -3.02. The largest absolute Gasteiger partial charge is 0.492 e. The second-order valence-corrected chi connectivity index (χ2v) is 7.88. The molecule has 0 unspecified atom stereocenters. The second-order valence-electron chi connectivity index (χ2n) is 7.88. The summed E-state index contributed by atoms with van der Waals surface area (Å²) in [5.74, 6) is 1.14. The molecule has 3 rings (SSSR count). The van der Waals surface area contributed by atoms with Gasteiger partial charge in [-0.1, -0.05) is 38.5 Å². The lowest BCUT2D eigenvalue weighted by Crippen LogP contribution is -2.41. The number of hydrogen-bond donors (Lipinski definition) is 1. The van der Waals surface area contributed by atoms with Crippen LogP contribution in [0.15, 0.2) is 42.5 Å². The molecule has 2 aromatic carbocycles. The number of nitrogens with zero attached hydrogens (tertiary/aromatic N) is 1. The van der Waals surface area contributed by atoms with Crippen LogP contribution < -0.4 is 19.7 Å². The van der Waals surface area contributed by atoms with Gasteiger partial charge in [0.15, 0.2) is 6.61 Å². The molecular formula is C22H26N2O4. The Kier molecular flexibility index (Phi) is 5.58. The van der Waals surface area contributed by atoms with E-state index in [9.17, 15) is 9.59 Å². The van der Waals surface area contributed by atoms with Crippen LogP contribution in [0.1, 0.15) is 26.3 Å². The number of hydrogen-bond acceptors (Lipinski definition) is 4. The molecule has 2 amide bonds. The molecule has 6 heteroatoms. The standard InChI is InChI=1S/C22H26N2O4/c1-15-5-8-17(9-6-15)27-12-11-24-18-10-7-16(23-21(26)22(2,3)4)13-19(18)28-14-20(24)25/h5-10,13H,11-12,14H2,1-4H3,(H,23,26). The molecule has 0 saturated carbocycles. The van der Waals surface area contributed by atoms with Crippen LogP contribution in [0.5, 0.6) is 11.5 Å². The van der Waals surface area contributed by atoms with Crippen molar-refractivity contribution in [3.8, 4) is 11.5 Å². The van der Waals surface area contributed by atoms with Crippen LogP contribution in [0.2, 0.25) is 0 Å². The maximum Gasteiger partial charge on any atom is 0.265 e. The van der Waals surface area contributed by atoms with Gasteiger partial charge in [0.2, 0.25) is 5.91 Å². The SMILES string of the molecule is Cc1ccc(OCCN2C(=O)COc3cc(NC(=O)C(C)(C)C)ccc32)cc1. The van der Waals surface area contributed by atoms with Crippen LogP contribution in [-0.4, -0.2) is 31.6 Å². The maximum absolute atomic E-state index is 12.3. The number of carbonyl (C=O) groups is 2. The fourth-order valence-electron chi connectivity index (χ4n) is 2.74. The summed E-state index contributed by atoms with van der Waals surface area (Å²) in [5.41, 5.74) is 1.99. The number of amides is 2. The summed E-state index contributed by atoms with van der Waals surface area (Å²) in [4.78, 5) is 26.2. The normalized spacial score (nSPS) is 13.6. The zero-order valence-electron chi connectivity index (χ0n) is 16.7. The van der Waals surface area contributed by atoms with Crippen LogP contribution in [-0.2, 0) is 9.59 Å². The predicted octanol–water partition coefficient (Wildman–Crippen LogP) is 3.78. The van der Waals surface area contributed by atoms with Crippen LogP contribution in [0.4, 0.5) is 11.4 Å². The molecule has 0 aromatic heterocycles. The van der Waals surface area contributed by atoms with Gasteiger partial charge in [-0.2, -0.15) is 0 Å². The van der Waals surface area contributed by atoms with E-state index in [0.29, 0.717) is 30.3 Å². The Morgan fingerprint density at radius 1 is 1.18 bits per heavy atom. The van der Waals surface area contributed by atoms with Gasteiger partial charge in [-0.15, -0.1) is 0 Å². The van der Waals surface area contributed by atoms with Gasteiger partial charge in [0, 0.05) is 17.2 Å². The summed E-state index contributed by atoms with van der Waals surface area (Å²) in [5, 5.41) is 2.88. The first-order chi connectivity index (χ1) is 13.2. The fourth-order valence-corrected chi connectivity index (χ4v) is 2.74. The van der Waals surface area contributed by atoms with Crippen molar-refractivity contribution in [2.75, 3.05) is 30.0 Å². The van der Waals surface area contributed by atoms with Gasteiger partial charge in [-0.3, -0.25) is 9.59 Å². The molecule has 1 aliphatic heterocycles. The fraction of sp³-hybridized carbons (Fsp3) is 0.364. The van der Waals surface area contributed by atoms with Crippen LogP contribution >= 0.6 is 0 Å². The van der Waals surface area contributed by atoms with Crippen LogP contribution in [0.3, 0.4) is 0 Å². The Balaban J connectivity index is 1.68. The lowest BCUT2D eigenvalue weighted by molar-refractivity contribution is -0.123. The average molecular weight is 382 g/mol. The number of nitrogens with one attached hydrogen (secondary N) is 1. The van der Waals surface area contributed by atoms with E-state index in [4.69, 9.17) is 9.47 Å². The molecule has 6 nitrogen and oxygen atoms in total. The summed E-state index contributed by atoms with van der Waals surface area (Å²) >= 11 is 0. The predicted molar refractivity (Wildman–Crippen MR) is 109 cm³/mol. The number of fused-ring (bicyclic) bond motifs is 1. The highest BCUT2D eigenvalue weighted by Gasteiger charge is 2.27. The molecule has 28 heavy (non-hydrogen) atoms. The summed E-state index contributed by atoms with van der Waals surface area (Å²) in [6.45, 7) is 8.33. The van der Waals surface area contributed by atoms with E-state index < -0.39 is 5.41 Å². The van der Waals surface area contributed by atoms with Crippen molar-refractivity contribution >= 4 is 23.2 Å². The van der Waals surface area contributed by atoms with E-state index in [2.05, 4.69) is 5.32 Å². The van der Waals surface area contributed by atoms with E-state index in [1.165, 1.54) is 5.56 Å². The molecule has 0 atom stereocenters. The highest BCUT2D eigenvalue weighted by atomic mass is 16.5. The molecule has 0 radical (unpaired) electrons. The minimum absolute atomic E-state index is 0.0335. The van der Waals surface area contributed by atoms with Gasteiger partial charge in [0.25, 0.3) is 5.91 Å². The molecule has 0 bridgehead atoms. The minimum atomic E-state index is -0.494. The van der Waals surface area contributed by atoms with Crippen LogP contribution in [0.25, 0.3) is 0 Å². The number of carbonyl (C=O) groups excluding carboxylic acids is 2. The third-order valence-electron chi connectivity index (χ3n) is 4.45. The van der Waals surface area contributed by atoms with Gasteiger partial charge in [0.05, 0.1) is 12.2 Å². The molecular weight excluding hydrogens is 356 g/mol. The van der Waals surface area contributed by atoms with E-state index in [1.54, 1.807) is 23.1 Å². The van der Waals surface area contributed by atoms with E-state index in [-0.39, 0.29) is 18.4 Å². The lowest BCUT2D eigenvalue weighted by atomic mass is 9.95. The van der Waals surface area contributed by atoms with Crippen molar-refractivity contribution in [1.82, 2.24) is 0 Å². The summed E-state index contributed by atoms with van der Waals surface area (Å²) in [6.07, 6.45) is 0. The Morgan fingerprint density at radius 3 is 2.57 bits per heavy atom. The number of ether oxygens (including phenoxy) is 2. The molecule has 1 N–H and O–H groups in total. The van der Waals surface area contributed by atoms with Gasteiger partial charge in [0.1, 0.15) is 18.1 Å². The molecule has 2 aromatic rings. The average Bonchev–Trinajstić information content (AvgIpc) is 2.64. The maximum atomic E-state index is 12.3. The van der Waals surface area contributed by atoms with Gasteiger partial charge >= 0.3 is 0 Å². The second kappa shape index (κ2) is 7.92. The smallest absolute Gasteiger partial charge is 0.265 e. The van der Waals surface area contributed by atoms with Crippen molar-refractivity contribution in [1.29, 1.82) is 0 Å². The van der Waals surface area contributed by atoms with Gasteiger partial charge in [-0.05, 0) is 31.2 Å². The molecule has 1 aliphatic rings. The Labute approximate surface area is 165 Å². The topological polar surface area (TPSA) is 67.9 Å². The lowest BCUT2D eigenvalue weighted by Gasteiger charge is -2.30. The van der Waals surface area contributed by atoms with Crippen molar-refractivity contribution in [3.05, 3.63) is 48.0 Å². The van der Waals surface area contributed by atoms with E-state index in [1.807, 2.05) is 52.0 Å². The number of anilines is 2. The molecule has 0 aliphatic carbocycles. The van der Waals surface area contributed by atoms with Gasteiger partial charge < -0.3 is 19.7 Å². The molecule has 148 valence electrons. The van der Waals surface area contributed by atoms with Crippen molar-refractivity contribution in [2.24, 2.45) is 5.41 Å². The first kappa shape index (κ1) is 19.7. The number of aryl methyl sites for hydroxylation is 1. The third-order valence-corrected chi connectivity index (χ3v) is 4.45. The van der Waals surface area contributed by atoms with Crippen molar-refractivity contribution in [2.45, 2.75) is 27.7 Å². The highest BCUT2D eigenvalue weighted by Crippen LogP contribution is 2.35. The van der Waals surface area contributed by atoms with Crippen molar-refractivity contribution < 1.29 is 19.1 Å². The molecule has 0 saturated heterocycles. The summed E-state index contributed by atoms with van der Waals surface area (Å²) in [7, 11) is 0. The first-order valence-electron chi connectivity index (χ1n) is 9.32. The molecule has 1 heterocycles. The van der Waals surface area contributed by atoms with Crippen molar-refractivity contribution in [3.63, 3.8) is 0 Å². The van der Waals surface area contributed by atoms with E-state index in [0.717, 1.165) is 5.75 Å². The number of benzene rings is 2.